The minimum absolute atomic E-state index is 0.0326. The van der Waals surface area contributed by atoms with E-state index in [9.17, 15) is 16.8 Å². The highest BCUT2D eigenvalue weighted by molar-refractivity contribution is 7.92. The van der Waals surface area contributed by atoms with Gasteiger partial charge < -0.3 is 5.11 Å². The quantitative estimate of drug-likeness (QED) is 0.846. The van der Waals surface area contributed by atoms with E-state index < -0.39 is 25.9 Å². The van der Waals surface area contributed by atoms with E-state index in [2.05, 4.69) is 0 Å². The van der Waals surface area contributed by atoms with Crippen molar-refractivity contribution in [3.63, 3.8) is 0 Å². The summed E-state index contributed by atoms with van der Waals surface area (Å²) in [6, 6.07) is 5.46. The molecule has 1 aromatic carbocycles. The second-order valence-corrected chi connectivity index (χ2v) is 9.00. The predicted octanol–water partition coefficient (Wildman–Crippen LogP) is -0.0135. The summed E-state index contributed by atoms with van der Waals surface area (Å²) < 4.78 is 49.3. The lowest BCUT2D eigenvalue weighted by Crippen LogP contribution is -2.49. The molecule has 8 heteroatoms. The minimum Gasteiger partial charge on any atom is -0.392 e. The van der Waals surface area contributed by atoms with Crippen molar-refractivity contribution < 1.29 is 21.9 Å². The lowest BCUT2D eigenvalue weighted by Gasteiger charge is -2.32. The average molecular weight is 319 g/mol. The number of aliphatic hydroxyl groups is 1. The van der Waals surface area contributed by atoms with Crippen LogP contribution in [-0.4, -0.2) is 50.3 Å². The first-order chi connectivity index (χ1) is 9.26. The average Bonchev–Trinajstić information content (AvgIpc) is 2.37. The van der Waals surface area contributed by atoms with Crippen molar-refractivity contribution in [1.82, 2.24) is 4.31 Å². The SMILES string of the molecule is CC1CS(=O)(=O)CCN1S(=O)(=O)c1cccc(CO)c1. The molecule has 20 heavy (non-hydrogen) atoms. The molecule has 2 rings (SSSR count). The van der Waals surface area contributed by atoms with Crippen molar-refractivity contribution in [1.29, 1.82) is 0 Å². The molecule has 1 N–H and O–H groups in total. The van der Waals surface area contributed by atoms with Crippen molar-refractivity contribution in [2.75, 3.05) is 18.1 Å². The van der Waals surface area contributed by atoms with Gasteiger partial charge in [-0.2, -0.15) is 4.31 Å². The lowest BCUT2D eigenvalue weighted by atomic mass is 10.2. The van der Waals surface area contributed by atoms with E-state index in [0.717, 1.165) is 0 Å². The van der Waals surface area contributed by atoms with Crippen LogP contribution < -0.4 is 0 Å². The van der Waals surface area contributed by atoms with Crippen LogP contribution >= 0.6 is 0 Å². The van der Waals surface area contributed by atoms with Crippen LogP contribution in [0.3, 0.4) is 0 Å². The van der Waals surface area contributed by atoms with Gasteiger partial charge in [0.05, 0.1) is 23.0 Å². The van der Waals surface area contributed by atoms with Crippen molar-refractivity contribution >= 4 is 19.9 Å². The molecule has 1 saturated heterocycles. The standard InChI is InChI=1S/C12H17NO5S2/c1-10-9-19(15,16)6-5-13(10)20(17,18)12-4-2-3-11(7-12)8-14/h2-4,7,10,14H,5-6,8-9H2,1H3. The highest BCUT2D eigenvalue weighted by Crippen LogP contribution is 2.23. The number of nitrogens with zero attached hydrogens (tertiary/aromatic N) is 1. The Labute approximate surface area is 119 Å². The van der Waals surface area contributed by atoms with E-state index in [-0.39, 0.29) is 29.6 Å². The van der Waals surface area contributed by atoms with Gasteiger partial charge in [0.2, 0.25) is 10.0 Å². The van der Waals surface area contributed by atoms with Gasteiger partial charge in [-0.15, -0.1) is 0 Å². The summed E-state index contributed by atoms with van der Waals surface area (Å²) in [6.45, 7) is 1.31. The van der Waals surface area contributed by atoms with Gasteiger partial charge >= 0.3 is 0 Å². The highest BCUT2D eigenvalue weighted by Gasteiger charge is 2.36. The summed E-state index contributed by atoms with van der Waals surface area (Å²) in [5, 5.41) is 9.07. The summed E-state index contributed by atoms with van der Waals surface area (Å²) >= 11 is 0. The Bertz CT molecular complexity index is 696. The van der Waals surface area contributed by atoms with Crippen molar-refractivity contribution in [2.24, 2.45) is 0 Å². The second kappa shape index (κ2) is 5.44. The van der Waals surface area contributed by atoms with Gasteiger partial charge in [0.1, 0.15) is 0 Å². The monoisotopic (exact) mass is 319 g/mol. The van der Waals surface area contributed by atoms with Crippen LogP contribution in [0.15, 0.2) is 29.2 Å². The molecule has 112 valence electrons. The molecule has 1 heterocycles. The molecule has 1 unspecified atom stereocenters. The van der Waals surface area contributed by atoms with Gasteiger partial charge in [-0.1, -0.05) is 12.1 Å². The third kappa shape index (κ3) is 3.03. The molecular weight excluding hydrogens is 302 g/mol. The van der Waals surface area contributed by atoms with Crippen molar-refractivity contribution in [2.45, 2.75) is 24.5 Å². The van der Waals surface area contributed by atoms with Crippen LogP contribution in [0.25, 0.3) is 0 Å². The van der Waals surface area contributed by atoms with Gasteiger partial charge in [-0.05, 0) is 24.6 Å². The zero-order valence-corrected chi connectivity index (χ0v) is 12.7. The molecule has 1 aromatic rings. The van der Waals surface area contributed by atoms with Crippen LogP contribution in [0.4, 0.5) is 0 Å². The Morgan fingerprint density at radius 2 is 2.10 bits per heavy atom. The Balaban J connectivity index is 2.35. The molecule has 1 atom stereocenters. The smallest absolute Gasteiger partial charge is 0.243 e. The maximum Gasteiger partial charge on any atom is 0.243 e. The summed E-state index contributed by atoms with van der Waals surface area (Å²) in [4.78, 5) is 0.0789. The predicted molar refractivity (Wildman–Crippen MR) is 74.4 cm³/mol. The molecule has 1 fully saturated rings. The zero-order valence-electron chi connectivity index (χ0n) is 11.1. The number of sulfone groups is 1. The number of hydrogen-bond donors (Lipinski definition) is 1. The largest absolute Gasteiger partial charge is 0.392 e. The maximum atomic E-state index is 12.5. The summed E-state index contributed by atoms with van der Waals surface area (Å²) in [6.07, 6.45) is 0. The van der Waals surface area contributed by atoms with E-state index in [1.165, 1.54) is 16.4 Å². The van der Waals surface area contributed by atoms with Crippen LogP contribution in [0.5, 0.6) is 0 Å². The van der Waals surface area contributed by atoms with Gasteiger partial charge in [0.15, 0.2) is 9.84 Å². The van der Waals surface area contributed by atoms with E-state index in [1.807, 2.05) is 0 Å². The fraction of sp³-hybridized carbons (Fsp3) is 0.500. The maximum absolute atomic E-state index is 12.5. The Morgan fingerprint density at radius 3 is 2.70 bits per heavy atom. The summed E-state index contributed by atoms with van der Waals surface area (Å²) in [7, 11) is -6.90. The molecule has 0 aliphatic carbocycles. The Morgan fingerprint density at radius 1 is 1.40 bits per heavy atom. The summed E-state index contributed by atoms with van der Waals surface area (Å²) in [5.41, 5.74) is 0.503. The van der Waals surface area contributed by atoms with Crippen LogP contribution in [0.2, 0.25) is 0 Å². The second-order valence-electron chi connectivity index (χ2n) is 4.88. The molecule has 0 spiro atoms. The molecule has 0 bridgehead atoms. The first-order valence-electron chi connectivity index (χ1n) is 6.18. The van der Waals surface area contributed by atoms with E-state index in [1.54, 1.807) is 19.1 Å². The number of sulfonamides is 1. The van der Waals surface area contributed by atoms with E-state index >= 15 is 0 Å². The van der Waals surface area contributed by atoms with Crippen LogP contribution in [0.1, 0.15) is 12.5 Å². The molecule has 0 radical (unpaired) electrons. The van der Waals surface area contributed by atoms with Gasteiger partial charge in [0, 0.05) is 12.6 Å². The number of rotatable bonds is 3. The Kier molecular flexibility index (Phi) is 4.19. The Hall–Kier alpha value is -0.960. The normalized spacial score (nSPS) is 23.6. The van der Waals surface area contributed by atoms with Crippen LogP contribution in [0, 0.1) is 0 Å². The molecule has 1 aliphatic rings. The molecular formula is C12H17NO5S2. The highest BCUT2D eigenvalue weighted by atomic mass is 32.2. The molecule has 0 saturated carbocycles. The van der Waals surface area contributed by atoms with Crippen molar-refractivity contribution in [3.8, 4) is 0 Å². The van der Waals surface area contributed by atoms with E-state index in [0.29, 0.717) is 5.56 Å². The number of hydrogen-bond acceptors (Lipinski definition) is 5. The van der Waals surface area contributed by atoms with Crippen molar-refractivity contribution in [3.05, 3.63) is 29.8 Å². The third-order valence-corrected chi connectivity index (χ3v) is 7.10. The van der Waals surface area contributed by atoms with Gasteiger partial charge in [-0.3, -0.25) is 0 Å². The first-order valence-corrected chi connectivity index (χ1v) is 9.44. The van der Waals surface area contributed by atoms with Gasteiger partial charge in [0.25, 0.3) is 0 Å². The van der Waals surface area contributed by atoms with E-state index in [4.69, 9.17) is 5.11 Å². The first kappa shape index (κ1) is 15.4. The lowest BCUT2D eigenvalue weighted by molar-refractivity contribution is 0.281. The number of aliphatic hydroxyl groups excluding tert-OH is 1. The number of benzene rings is 1. The minimum atomic E-state index is -3.74. The molecule has 0 aromatic heterocycles. The van der Waals surface area contributed by atoms with Crippen LogP contribution in [-0.2, 0) is 26.5 Å². The molecule has 0 amide bonds. The van der Waals surface area contributed by atoms with Gasteiger partial charge in [-0.25, -0.2) is 16.8 Å². The molecule has 1 aliphatic heterocycles. The fourth-order valence-corrected chi connectivity index (χ4v) is 5.75. The summed E-state index contributed by atoms with van der Waals surface area (Å²) in [5.74, 6) is -0.317. The molecule has 6 nitrogen and oxygen atoms in total. The third-order valence-electron chi connectivity index (χ3n) is 3.30. The topological polar surface area (TPSA) is 91.8 Å². The fourth-order valence-electron chi connectivity index (χ4n) is 2.28. The zero-order chi connectivity index (χ0) is 15.0.